The van der Waals surface area contributed by atoms with Gasteiger partial charge in [-0.05, 0) is 31.9 Å². The van der Waals surface area contributed by atoms with E-state index < -0.39 is 0 Å². The fraction of sp³-hybridized carbons (Fsp3) is 0.467. The summed E-state index contributed by atoms with van der Waals surface area (Å²) in [6, 6.07) is 8.03. The number of amides is 1. The maximum absolute atomic E-state index is 12.4. The van der Waals surface area contributed by atoms with Crippen molar-refractivity contribution in [1.82, 2.24) is 10.1 Å². The highest BCUT2D eigenvalue weighted by Crippen LogP contribution is 2.21. The second-order valence-corrected chi connectivity index (χ2v) is 5.52. The summed E-state index contributed by atoms with van der Waals surface area (Å²) in [7, 11) is 0. The molecule has 20 heavy (non-hydrogen) atoms. The lowest BCUT2D eigenvalue weighted by Gasteiger charge is -2.36. The van der Waals surface area contributed by atoms with Crippen molar-refractivity contribution in [2.24, 2.45) is 5.73 Å². The number of fused-ring (bicyclic) bond motifs is 1. The van der Waals surface area contributed by atoms with Crippen LogP contribution >= 0.6 is 0 Å². The molecule has 1 fully saturated rings. The van der Waals surface area contributed by atoms with E-state index in [1.807, 2.05) is 29.2 Å². The highest BCUT2D eigenvalue weighted by atomic mass is 16.5. The molecule has 0 bridgehead atoms. The summed E-state index contributed by atoms with van der Waals surface area (Å²) in [5.74, 6) is 0.100. The first kappa shape index (κ1) is 13.1. The molecule has 0 saturated carbocycles. The number of aromatic nitrogens is 1. The van der Waals surface area contributed by atoms with Crippen LogP contribution in [0.3, 0.4) is 0 Å². The zero-order chi connectivity index (χ0) is 14.1. The van der Waals surface area contributed by atoms with Crippen molar-refractivity contribution in [3.63, 3.8) is 0 Å². The van der Waals surface area contributed by atoms with E-state index in [0.717, 1.165) is 30.4 Å². The van der Waals surface area contributed by atoms with Gasteiger partial charge in [0.1, 0.15) is 5.69 Å². The summed E-state index contributed by atoms with van der Waals surface area (Å²) in [5, 5.41) is 4.94. The summed E-state index contributed by atoms with van der Waals surface area (Å²) in [5.41, 5.74) is 7.37. The van der Waals surface area contributed by atoms with E-state index in [1.165, 1.54) is 0 Å². The first-order chi connectivity index (χ1) is 9.65. The van der Waals surface area contributed by atoms with Crippen molar-refractivity contribution in [2.75, 3.05) is 6.54 Å². The molecule has 2 heterocycles. The number of nitrogens with two attached hydrogens (primary N) is 1. The van der Waals surface area contributed by atoms with Gasteiger partial charge in [0.15, 0.2) is 5.58 Å². The van der Waals surface area contributed by atoms with Gasteiger partial charge in [-0.25, -0.2) is 0 Å². The third-order valence-corrected chi connectivity index (χ3v) is 4.01. The molecular formula is C15H19N3O2. The lowest BCUT2D eigenvalue weighted by Crippen LogP contribution is -2.48. The minimum atomic E-state index is 0.100. The summed E-state index contributed by atoms with van der Waals surface area (Å²) in [4.78, 5) is 14.3. The molecule has 1 aliphatic rings. The number of likely N-dealkylation sites (tertiary alicyclic amines) is 1. The van der Waals surface area contributed by atoms with Crippen LogP contribution in [0.15, 0.2) is 28.8 Å². The third-order valence-electron chi connectivity index (χ3n) is 4.01. The Kier molecular flexibility index (Phi) is 3.44. The van der Waals surface area contributed by atoms with E-state index in [2.05, 4.69) is 12.1 Å². The molecule has 106 valence electrons. The van der Waals surface area contributed by atoms with Crippen molar-refractivity contribution in [1.29, 1.82) is 0 Å². The van der Waals surface area contributed by atoms with Gasteiger partial charge in [0, 0.05) is 24.0 Å². The molecule has 2 atom stereocenters. The molecule has 5 nitrogen and oxygen atoms in total. The van der Waals surface area contributed by atoms with Crippen molar-refractivity contribution in [2.45, 2.75) is 38.3 Å². The summed E-state index contributed by atoms with van der Waals surface area (Å²) in [6.45, 7) is 2.79. The second-order valence-electron chi connectivity index (χ2n) is 5.52. The molecule has 0 unspecified atom stereocenters. The Hall–Kier alpha value is -1.88. The summed E-state index contributed by atoms with van der Waals surface area (Å²) >= 11 is 0. The fourth-order valence-corrected chi connectivity index (χ4v) is 2.89. The molecule has 0 aliphatic carbocycles. The molecule has 0 spiro atoms. The lowest BCUT2D eigenvalue weighted by molar-refractivity contribution is -0.133. The maximum atomic E-state index is 12.4. The molecule has 2 aromatic rings. The molecular weight excluding hydrogens is 254 g/mol. The number of para-hydroxylation sites is 1. The van der Waals surface area contributed by atoms with Crippen LogP contribution in [-0.2, 0) is 11.2 Å². The number of hydrogen-bond donors (Lipinski definition) is 1. The van der Waals surface area contributed by atoms with Gasteiger partial charge in [0.2, 0.25) is 5.91 Å². The number of carbonyl (C=O) groups excluding carboxylic acids is 1. The highest BCUT2D eigenvalue weighted by molar-refractivity contribution is 5.86. The van der Waals surface area contributed by atoms with Gasteiger partial charge in [-0.3, -0.25) is 4.79 Å². The number of piperidine rings is 1. The maximum Gasteiger partial charge on any atom is 0.228 e. The van der Waals surface area contributed by atoms with Crippen LogP contribution in [-0.4, -0.2) is 34.6 Å². The Morgan fingerprint density at radius 2 is 2.30 bits per heavy atom. The predicted octanol–water partition coefficient (Wildman–Crippen LogP) is 1.71. The zero-order valence-corrected chi connectivity index (χ0v) is 11.6. The summed E-state index contributed by atoms with van der Waals surface area (Å²) in [6.07, 6.45) is 2.03. The van der Waals surface area contributed by atoms with Crippen LogP contribution in [0.1, 0.15) is 25.5 Å². The van der Waals surface area contributed by atoms with Gasteiger partial charge in [0.05, 0.1) is 6.42 Å². The number of nitrogens with zero attached hydrogens (tertiary/aromatic N) is 2. The van der Waals surface area contributed by atoms with E-state index in [-0.39, 0.29) is 24.4 Å². The van der Waals surface area contributed by atoms with Gasteiger partial charge >= 0.3 is 0 Å². The standard InChI is InChI=1S/C15H19N3O2/c1-10-8-11(16)6-7-18(10)15(19)9-13-12-4-2-3-5-14(12)20-17-13/h2-5,10-11H,6-9,16H2,1H3/t10-,11+/m1/s1. The van der Waals surface area contributed by atoms with Gasteiger partial charge in [-0.1, -0.05) is 17.3 Å². The number of hydrogen-bond acceptors (Lipinski definition) is 4. The molecule has 1 aromatic carbocycles. The van der Waals surface area contributed by atoms with Crippen LogP contribution in [0, 0.1) is 0 Å². The number of benzene rings is 1. The van der Waals surface area contributed by atoms with E-state index in [0.29, 0.717) is 5.69 Å². The molecule has 1 aromatic heterocycles. The molecule has 2 N–H and O–H groups in total. The molecule has 0 radical (unpaired) electrons. The largest absolute Gasteiger partial charge is 0.356 e. The Morgan fingerprint density at radius 1 is 1.50 bits per heavy atom. The normalized spacial score (nSPS) is 23.2. The van der Waals surface area contributed by atoms with E-state index in [9.17, 15) is 4.79 Å². The molecule has 1 saturated heterocycles. The predicted molar refractivity (Wildman–Crippen MR) is 76.1 cm³/mol. The van der Waals surface area contributed by atoms with Crippen LogP contribution < -0.4 is 5.73 Å². The van der Waals surface area contributed by atoms with Gasteiger partial charge in [0.25, 0.3) is 0 Å². The van der Waals surface area contributed by atoms with Gasteiger partial charge < -0.3 is 15.2 Å². The number of carbonyl (C=O) groups is 1. The van der Waals surface area contributed by atoms with Crippen LogP contribution in [0.5, 0.6) is 0 Å². The summed E-state index contributed by atoms with van der Waals surface area (Å²) < 4.78 is 5.24. The first-order valence-corrected chi connectivity index (χ1v) is 7.03. The van der Waals surface area contributed by atoms with Crippen molar-refractivity contribution < 1.29 is 9.32 Å². The molecule has 1 amide bonds. The molecule has 3 rings (SSSR count). The van der Waals surface area contributed by atoms with Crippen LogP contribution in [0.4, 0.5) is 0 Å². The van der Waals surface area contributed by atoms with Crippen LogP contribution in [0.25, 0.3) is 11.0 Å². The Balaban J connectivity index is 1.76. The Bertz CT molecular complexity index is 622. The van der Waals surface area contributed by atoms with Crippen molar-refractivity contribution >= 4 is 16.9 Å². The second kappa shape index (κ2) is 5.25. The average Bonchev–Trinajstić information content (AvgIpc) is 2.82. The van der Waals surface area contributed by atoms with Crippen molar-refractivity contribution in [3.05, 3.63) is 30.0 Å². The lowest BCUT2D eigenvalue weighted by atomic mass is 9.98. The smallest absolute Gasteiger partial charge is 0.228 e. The Morgan fingerprint density at radius 3 is 3.10 bits per heavy atom. The first-order valence-electron chi connectivity index (χ1n) is 7.03. The fourth-order valence-electron chi connectivity index (χ4n) is 2.89. The average molecular weight is 273 g/mol. The van der Waals surface area contributed by atoms with Gasteiger partial charge in [-0.2, -0.15) is 0 Å². The van der Waals surface area contributed by atoms with E-state index in [1.54, 1.807) is 0 Å². The molecule has 5 heteroatoms. The third kappa shape index (κ3) is 2.41. The minimum Gasteiger partial charge on any atom is -0.356 e. The SMILES string of the molecule is C[C@@H]1C[C@@H](N)CCN1C(=O)Cc1noc2ccccc12. The topological polar surface area (TPSA) is 72.4 Å². The van der Waals surface area contributed by atoms with E-state index >= 15 is 0 Å². The highest BCUT2D eigenvalue weighted by Gasteiger charge is 2.27. The monoisotopic (exact) mass is 273 g/mol. The van der Waals surface area contributed by atoms with Crippen LogP contribution in [0.2, 0.25) is 0 Å². The minimum absolute atomic E-state index is 0.100. The van der Waals surface area contributed by atoms with Gasteiger partial charge in [-0.15, -0.1) is 0 Å². The quantitative estimate of drug-likeness (QED) is 0.904. The molecule has 1 aliphatic heterocycles. The van der Waals surface area contributed by atoms with Crippen molar-refractivity contribution in [3.8, 4) is 0 Å². The van der Waals surface area contributed by atoms with E-state index in [4.69, 9.17) is 10.3 Å². The zero-order valence-electron chi connectivity index (χ0n) is 11.6. The number of rotatable bonds is 2. The Labute approximate surface area is 117 Å².